The van der Waals surface area contributed by atoms with Crippen LogP contribution in [0.3, 0.4) is 0 Å². The number of thioether (sulfide) groups is 1. The van der Waals surface area contributed by atoms with Crippen LogP contribution in [0.15, 0.2) is 22.9 Å². The molecule has 1 aliphatic rings. The van der Waals surface area contributed by atoms with Gasteiger partial charge >= 0.3 is 0 Å². The predicted octanol–water partition coefficient (Wildman–Crippen LogP) is 3.30. The first-order chi connectivity index (χ1) is 8.63. The molecule has 0 spiro atoms. The summed E-state index contributed by atoms with van der Waals surface area (Å²) >= 11 is 5.32. The van der Waals surface area contributed by atoms with E-state index in [4.69, 9.17) is 0 Å². The van der Waals surface area contributed by atoms with Gasteiger partial charge in [0.25, 0.3) is 0 Å². The van der Waals surface area contributed by atoms with Crippen molar-refractivity contribution in [3.8, 4) is 0 Å². The van der Waals surface area contributed by atoms with E-state index in [1.165, 1.54) is 0 Å². The molecule has 2 rings (SSSR count). The molecule has 0 aliphatic carbocycles. The van der Waals surface area contributed by atoms with E-state index in [1.54, 1.807) is 18.1 Å². The van der Waals surface area contributed by atoms with Crippen LogP contribution in [0.5, 0.6) is 0 Å². The highest BCUT2D eigenvalue weighted by Gasteiger charge is 2.18. The summed E-state index contributed by atoms with van der Waals surface area (Å²) in [6.07, 6.45) is 3.64. The van der Waals surface area contributed by atoms with Crippen LogP contribution >= 0.6 is 27.7 Å². The zero-order chi connectivity index (χ0) is 13.1. The number of rotatable bonds is 3. The van der Waals surface area contributed by atoms with Crippen LogP contribution in [0.1, 0.15) is 12.5 Å². The molecule has 0 saturated heterocycles. The van der Waals surface area contributed by atoms with Crippen LogP contribution in [-0.4, -0.2) is 29.3 Å². The van der Waals surface area contributed by atoms with Crippen LogP contribution in [0.25, 0.3) is 5.57 Å². The second-order valence-electron chi connectivity index (χ2n) is 3.93. The molecule has 96 valence electrons. The summed E-state index contributed by atoms with van der Waals surface area (Å²) in [5.74, 6) is 2.75. The van der Waals surface area contributed by atoms with Crippen molar-refractivity contribution in [3.05, 3.63) is 28.5 Å². The molecule has 6 heteroatoms. The fourth-order valence-corrected chi connectivity index (χ4v) is 3.23. The van der Waals surface area contributed by atoms with Gasteiger partial charge in [-0.3, -0.25) is 0 Å². The normalized spacial score (nSPS) is 15.3. The lowest BCUT2D eigenvalue weighted by Crippen LogP contribution is -2.25. The Kier molecular flexibility index (Phi) is 4.29. The standard InChI is InChI=1S/C12H15BrN4S/c1-8(2)10-11(14-3)15-7-16-12(10)17-4-5-18-9(13)6-17/h6-7H,1,4-5H2,2-3H3,(H,14,15,16). The van der Waals surface area contributed by atoms with E-state index in [0.717, 1.165) is 38.9 Å². The maximum atomic E-state index is 4.41. The van der Waals surface area contributed by atoms with Crippen molar-refractivity contribution in [1.29, 1.82) is 0 Å². The highest BCUT2D eigenvalue weighted by Crippen LogP contribution is 2.34. The number of nitrogens with one attached hydrogen (secondary N) is 1. The topological polar surface area (TPSA) is 41.1 Å². The molecule has 0 fully saturated rings. The van der Waals surface area contributed by atoms with Crippen molar-refractivity contribution in [2.24, 2.45) is 0 Å². The molecule has 1 N–H and O–H groups in total. The Hall–Kier alpha value is -1.01. The molecule has 0 amide bonds. The minimum absolute atomic E-state index is 0.815. The summed E-state index contributed by atoms with van der Waals surface area (Å²) in [5, 5.41) is 3.09. The molecule has 2 heterocycles. The Morgan fingerprint density at radius 2 is 2.33 bits per heavy atom. The quantitative estimate of drug-likeness (QED) is 0.922. The van der Waals surface area contributed by atoms with Gasteiger partial charge in [-0.05, 0) is 28.4 Å². The molecule has 0 aromatic carbocycles. The van der Waals surface area contributed by atoms with Gasteiger partial charge in [0.05, 0.1) is 9.38 Å². The second kappa shape index (κ2) is 5.75. The first kappa shape index (κ1) is 13.4. The highest BCUT2D eigenvalue weighted by molar-refractivity contribution is 9.14. The molecule has 1 aliphatic heterocycles. The Labute approximate surface area is 120 Å². The average molecular weight is 327 g/mol. The first-order valence-corrected chi connectivity index (χ1v) is 7.36. The third-order valence-corrected chi connectivity index (χ3v) is 4.25. The van der Waals surface area contributed by atoms with Crippen molar-refractivity contribution in [1.82, 2.24) is 9.97 Å². The lowest BCUT2D eigenvalue weighted by molar-refractivity contribution is 0.966. The van der Waals surface area contributed by atoms with E-state index >= 15 is 0 Å². The van der Waals surface area contributed by atoms with Gasteiger partial charge in [-0.15, -0.1) is 11.8 Å². The van der Waals surface area contributed by atoms with E-state index < -0.39 is 0 Å². The predicted molar refractivity (Wildman–Crippen MR) is 83.1 cm³/mol. The van der Waals surface area contributed by atoms with Crippen LogP contribution in [0.4, 0.5) is 11.6 Å². The maximum Gasteiger partial charge on any atom is 0.145 e. The van der Waals surface area contributed by atoms with Gasteiger partial charge in [0, 0.05) is 25.5 Å². The molecule has 0 unspecified atom stereocenters. The summed E-state index contributed by atoms with van der Waals surface area (Å²) in [5.41, 5.74) is 1.93. The van der Waals surface area contributed by atoms with Crippen LogP contribution in [0, 0.1) is 0 Å². The highest BCUT2D eigenvalue weighted by atomic mass is 79.9. The Bertz CT molecular complexity index is 501. The number of allylic oxidation sites excluding steroid dienone is 1. The summed E-state index contributed by atoms with van der Waals surface area (Å²) in [4.78, 5) is 10.8. The second-order valence-corrected chi connectivity index (χ2v) is 6.44. The number of aromatic nitrogens is 2. The van der Waals surface area contributed by atoms with Crippen molar-refractivity contribution >= 4 is 44.9 Å². The third-order valence-electron chi connectivity index (χ3n) is 2.59. The van der Waals surface area contributed by atoms with Crippen LogP contribution in [0.2, 0.25) is 0 Å². The maximum absolute atomic E-state index is 4.41. The van der Waals surface area contributed by atoms with E-state index in [9.17, 15) is 0 Å². The van der Waals surface area contributed by atoms with Gasteiger partial charge in [-0.1, -0.05) is 6.58 Å². The van der Waals surface area contributed by atoms with E-state index in [0.29, 0.717) is 0 Å². The Balaban J connectivity index is 2.50. The SMILES string of the molecule is C=C(C)c1c(NC)ncnc1N1C=C(Br)SCC1. The van der Waals surface area contributed by atoms with Crippen molar-refractivity contribution < 1.29 is 0 Å². The Morgan fingerprint density at radius 3 is 2.94 bits per heavy atom. The molecule has 0 radical (unpaired) electrons. The lowest BCUT2D eigenvalue weighted by Gasteiger charge is -2.26. The van der Waals surface area contributed by atoms with Crippen LogP contribution in [-0.2, 0) is 0 Å². The minimum Gasteiger partial charge on any atom is -0.372 e. The molecule has 0 saturated carbocycles. The molecule has 1 aromatic rings. The lowest BCUT2D eigenvalue weighted by atomic mass is 10.1. The summed E-state index contributed by atoms with van der Waals surface area (Å²) in [6.45, 7) is 6.93. The zero-order valence-electron chi connectivity index (χ0n) is 10.4. The number of anilines is 2. The van der Waals surface area contributed by atoms with E-state index in [2.05, 4.69) is 48.9 Å². The smallest absolute Gasteiger partial charge is 0.145 e. The van der Waals surface area contributed by atoms with Gasteiger partial charge in [-0.25, -0.2) is 9.97 Å². The first-order valence-electron chi connectivity index (χ1n) is 5.59. The van der Waals surface area contributed by atoms with Gasteiger partial charge in [0.2, 0.25) is 0 Å². The number of hydrogen-bond donors (Lipinski definition) is 1. The van der Waals surface area contributed by atoms with Crippen molar-refractivity contribution in [3.63, 3.8) is 0 Å². The monoisotopic (exact) mass is 326 g/mol. The molecule has 4 nitrogen and oxygen atoms in total. The van der Waals surface area contributed by atoms with Crippen molar-refractivity contribution in [2.75, 3.05) is 29.6 Å². The van der Waals surface area contributed by atoms with Gasteiger partial charge in [0.15, 0.2) is 0 Å². The average Bonchev–Trinajstić information content (AvgIpc) is 2.37. The minimum atomic E-state index is 0.815. The van der Waals surface area contributed by atoms with Gasteiger partial charge in [0.1, 0.15) is 18.0 Å². The molecule has 0 bridgehead atoms. The third kappa shape index (κ3) is 2.70. The van der Waals surface area contributed by atoms with Gasteiger partial charge < -0.3 is 10.2 Å². The summed E-state index contributed by atoms with van der Waals surface area (Å²) < 4.78 is 1.12. The number of halogens is 1. The largest absolute Gasteiger partial charge is 0.372 e. The zero-order valence-corrected chi connectivity index (χ0v) is 12.8. The summed E-state index contributed by atoms with van der Waals surface area (Å²) in [7, 11) is 1.86. The number of nitrogens with zero attached hydrogens (tertiary/aromatic N) is 3. The fourth-order valence-electron chi connectivity index (χ4n) is 1.81. The van der Waals surface area contributed by atoms with Gasteiger partial charge in [-0.2, -0.15) is 0 Å². The summed E-state index contributed by atoms with van der Waals surface area (Å²) in [6, 6.07) is 0. The Morgan fingerprint density at radius 1 is 1.56 bits per heavy atom. The van der Waals surface area contributed by atoms with E-state index in [-0.39, 0.29) is 0 Å². The molecule has 18 heavy (non-hydrogen) atoms. The molecule has 1 aromatic heterocycles. The number of hydrogen-bond acceptors (Lipinski definition) is 5. The molecular weight excluding hydrogens is 312 g/mol. The molecular formula is C12H15BrN4S. The molecule has 0 atom stereocenters. The van der Waals surface area contributed by atoms with E-state index in [1.807, 2.05) is 14.0 Å². The van der Waals surface area contributed by atoms with Crippen LogP contribution < -0.4 is 10.2 Å². The fraction of sp³-hybridized carbons (Fsp3) is 0.333. The van der Waals surface area contributed by atoms with Crippen molar-refractivity contribution in [2.45, 2.75) is 6.92 Å².